The van der Waals surface area contributed by atoms with Gasteiger partial charge in [-0.25, -0.2) is 4.79 Å². The molecule has 0 saturated carbocycles. The molecule has 0 fully saturated rings. The summed E-state index contributed by atoms with van der Waals surface area (Å²) < 4.78 is 0. The molecule has 0 bridgehead atoms. The van der Waals surface area contributed by atoms with Gasteiger partial charge in [-0.05, 0) is 0 Å². The number of hydrogen-bond acceptors (Lipinski definition) is 1. The monoisotopic (exact) mass is 88.0 g/mol. The summed E-state index contributed by atoms with van der Waals surface area (Å²) in [6.07, 6.45) is -1.83. The summed E-state index contributed by atoms with van der Waals surface area (Å²) in [4.78, 5) is 8.56. The van der Waals surface area contributed by atoms with Crippen molar-refractivity contribution in [2.24, 2.45) is 0 Å². The van der Waals surface area contributed by atoms with Gasteiger partial charge in [0.15, 0.2) is 0 Å². The van der Waals surface area contributed by atoms with Crippen LogP contribution in [-0.2, 0) is 0 Å². The van der Waals surface area contributed by atoms with Crippen LogP contribution in [0.2, 0.25) is 0 Å². The van der Waals surface area contributed by atoms with Crippen LogP contribution in [0, 0.1) is 0 Å². The van der Waals surface area contributed by atoms with E-state index in [-0.39, 0.29) is 23.1 Å². The van der Waals surface area contributed by atoms with Crippen molar-refractivity contribution in [3.8, 4) is 0 Å². The lowest BCUT2D eigenvalue weighted by Gasteiger charge is -1.60. The van der Waals surface area contributed by atoms with E-state index in [1.165, 1.54) is 0 Å². The highest BCUT2D eigenvalue weighted by Crippen LogP contribution is 1.42. The van der Waals surface area contributed by atoms with Gasteiger partial charge in [0, 0.05) is 0 Å². The average Bonchev–Trinajstić information content (AvgIpc) is 0.811. The van der Waals surface area contributed by atoms with Crippen LogP contribution in [-0.4, -0.2) is 39.4 Å². The van der Waals surface area contributed by atoms with Gasteiger partial charge in [-0.15, -0.1) is 0 Å². The normalized spacial score (nSPS) is 4.80. The second-order valence-electron chi connectivity index (χ2n) is 0.283. The Hall–Kier alpha value is 0.0362. The molecule has 0 aliphatic heterocycles. The van der Waals surface area contributed by atoms with Gasteiger partial charge in [-0.2, -0.15) is 0 Å². The van der Waals surface area contributed by atoms with Crippen molar-refractivity contribution < 1.29 is 15.0 Å². The van der Waals surface area contributed by atoms with Crippen molar-refractivity contribution >= 4 is 29.2 Å². The average molecular weight is 88.3 g/mol. The summed E-state index contributed by atoms with van der Waals surface area (Å²) in [6, 6.07) is 0. The first-order valence-corrected chi connectivity index (χ1v) is 0.651. The Morgan fingerprint density at radius 3 is 1.40 bits per heavy atom. The second kappa shape index (κ2) is 4.04. The first-order chi connectivity index (χ1) is 1.73. The number of rotatable bonds is 0. The molecular formula is CH4MgO3. The van der Waals surface area contributed by atoms with Crippen LogP contribution >= 0.6 is 0 Å². The molecule has 0 aliphatic rings. The summed E-state index contributed by atoms with van der Waals surface area (Å²) in [5.74, 6) is 0. The van der Waals surface area contributed by atoms with Gasteiger partial charge in [0.1, 0.15) is 0 Å². The molecule has 0 rings (SSSR count). The Morgan fingerprint density at radius 2 is 1.40 bits per heavy atom. The lowest BCUT2D eigenvalue weighted by atomic mass is 11.5. The van der Waals surface area contributed by atoms with E-state index in [4.69, 9.17) is 15.0 Å². The van der Waals surface area contributed by atoms with Crippen LogP contribution in [0.5, 0.6) is 0 Å². The van der Waals surface area contributed by atoms with Crippen molar-refractivity contribution in [1.29, 1.82) is 0 Å². The van der Waals surface area contributed by atoms with Gasteiger partial charge in [-0.1, -0.05) is 0 Å². The van der Waals surface area contributed by atoms with Gasteiger partial charge in [0.25, 0.3) is 0 Å². The number of carboxylic acid groups (broad SMARTS) is 2. The molecule has 0 saturated heterocycles. The van der Waals surface area contributed by atoms with Gasteiger partial charge >= 0.3 is 29.2 Å². The third-order valence-corrected chi connectivity index (χ3v) is 0. The summed E-state index contributed by atoms with van der Waals surface area (Å²) in [7, 11) is 0. The Balaban J connectivity index is 0. The van der Waals surface area contributed by atoms with Crippen LogP contribution in [0.1, 0.15) is 0 Å². The predicted molar refractivity (Wildman–Crippen MR) is 19.2 cm³/mol. The van der Waals surface area contributed by atoms with Crippen LogP contribution in [0.15, 0.2) is 0 Å². The summed E-state index contributed by atoms with van der Waals surface area (Å²) in [6.45, 7) is 0. The quantitative estimate of drug-likeness (QED) is 0.385. The van der Waals surface area contributed by atoms with Gasteiger partial charge < -0.3 is 10.2 Å². The number of hydrogen-bond donors (Lipinski definition) is 2. The molecule has 4 heteroatoms. The van der Waals surface area contributed by atoms with Gasteiger partial charge in [0.05, 0.1) is 0 Å². The summed E-state index contributed by atoms with van der Waals surface area (Å²) in [5.41, 5.74) is 0. The standard InChI is InChI=1S/CH2O3.Mg.2H/c2-1(3)4;;;/h(H2,2,3,4);;;. The minimum absolute atomic E-state index is 0. The van der Waals surface area contributed by atoms with Crippen molar-refractivity contribution in [3.63, 3.8) is 0 Å². The molecule has 0 spiro atoms. The van der Waals surface area contributed by atoms with E-state index >= 15 is 0 Å². The molecule has 0 amide bonds. The first-order valence-electron chi connectivity index (χ1n) is 0.651. The zero-order chi connectivity index (χ0) is 3.58. The lowest BCUT2D eigenvalue weighted by Crippen LogP contribution is -1.81. The van der Waals surface area contributed by atoms with E-state index in [9.17, 15) is 0 Å². The Bertz CT molecular complexity index is 29.9. The highest BCUT2D eigenvalue weighted by atomic mass is 24.3. The molecule has 28 valence electrons. The molecule has 0 aliphatic carbocycles. The molecular weight excluding hydrogens is 84.3 g/mol. The molecule has 0 heterocycles. The largest absolute Gasteiger partial charge is 0.503 e. The van der Waals surface area contributed by atoms with E-state index in [0.29, 0.717) is 0 Å². The molecule has 0 radical (unpaired) electrons. The topological polar surface area (TPSA) is 57.5 Å². The van der Waals surface area contributed by atoms with E-state index < -0.39 is 6.16 Å². The van der Waals surface area contributed by atoms with Crippen LogP contribution < -0.4 is 0 Å². The molecule has 0 atom stereocenters. The Morgan fingerprint density at radius 1 is 1.40 bits per heavy atom. The molecule has 5 heavy (non-hydrogen) atoms. The third-order valence-electron chi connectivity index (χ3n) is 0. The van der Waals surface area contributed by atoms with E-state index in [1.807, 2.05) is 0 Å². The smallest absolute Gasteiger partial charge is 0.450 e. The summed E-state index contributed by atoms with van der Waals surface area (Å²) >= 11 is 0. The van der Waals surface area contributed by atoms with E-state index in [0.717, 1.165) is 0 Å². The van der Waals surface area contributed by atoms with E-state index in [1.54, 1.807) is 0 Å². The lowest BCUT2D eigenvalue weighted by molar-refractivity contribution is 0.137. The maximum atomic E-state index is 8.56. The molecule has 3 nitrogen and oxygen atoms in total. The maximum Gasteiger partial charge on any atom is 0.503 e. The molecule has 0 aromatic heterocycles. The molecule has 0 aromatic rings. The minimum atomic E-state index is -1.83. The zero-order valence-electron chi connectivity index (χ0n) is 1.80. The first kappa shape index (κ1) is 8.90. The zero-order valence-corrected chi connectivity index (χ0v) is 1.80. The predicted octanol–water partition coefficient (Wildman–Crippen LogP) is -0.694. The molecule has 0 aromatic carbocycles. The fourth-order valence-electron chi connectivity index (χ4n) is 0. The highest BCUT2D eigenvalue weighted by molar-refractivity contribution is 5.75. The number of carbonyl (C=O) groups is 1. The van der Waals surface area contributed by atoms with Gasteiger partial charge in [-0.3, -0.25) is 0 Å². The van der Waals surface area contributed by atoms with Crippen LogP contribution in [0.25, 0.3) is 0 Å². The maximum absolute atomic E-state index is 8.56. The Labute approximate surface area is 44.8 Å². The molecule has 0 unspecified atom stereocenters. The second-order valence-corrected chi connectivity index (χ2v) is 0.283. The molecule has 2 N–H and O–H groups in total. The highest BCUT2D eigenvalue weighted by Gasteiger charge is 1.70. The van der Waals surface area contributed by atoms with Crippen LogP contribution in [0.3, 0.4) is 0 Å². The van der Waals surface area contributed by atoms with Gasteiger partial charge in [0.2, 0.25) is 0 Å². The van der Waals surface area contributed by atoms with E-state index in [2.05, 4.69) is 0 Å². The van der Waals surface area contributed by atoms with Crippen molar-refractivity contribution in [3.05, 3.63) is 0 Å². The fraction of sp³-hybridized carbons (Fsp3) is 0. The fourth-order valence-corrected chi connectivity index (χ4v) is 0. The van der Waals surface area contributed by atoms with Crippen molar-refractivity contribution in [2.75, 3.05) is 0 Å². The van der Waals surface area contributed by atoms with Crippen molar-refractivity contribution in [2.45, 2.75) is 0 Å². The minimum Gasteiger partial charge on any atom is -0.450 e. The van der Waals surface area contributed by atoms with Crippen molar-refractivity contribution in [1.82, 2.24) is 0 Å². The SMILES string of the molecule is O=C(O)O.[MgH2]. The Kier molecular flexibility index (Phi) is 7.18. The summed E-state index contributed by atoms with van der Waals surface area (Å²) in [5, 5.41) is 13.9. The van der Waals surface area contributed by atoms with Crippen LogP contribution in [0.4, 0.5) is 4.79 Å². The third kappa shape index (κ3) is 12700.